The Labute approximate surface area is 156 Å². The summed E-state index contributed by atoms with van der Waals surface area (Å²) in [6, 6.07) is 18.1. The summed E-state index contributed by atoms with van der Waals surface area (Å²) in [5.41, 5.74) is 2.11. The molecule has 0 bridgehead atoms. The molecule has 4 heteroatoms. The molecule has 2 aromatic carbocycles. The van der Waals surface area contributed by atoms with Crippen molar-refractivity contribution < 1.29 is 4.58 Å². The van der Waals surface area contributed by atoms with Crippen LogP contribution in [0.3, 0.4) is 0 Å². The fraction of sp³-hybridized carbons (Fsp3) is 0.381. The molecule has 134 valence electrons. The average molecular weight is 359 g/mol. The number of halogens is 1. The van der Waals surface area contributed by atoms with Gasteiger partial charge in [0.25, 0.3) is 0 Å². The fourth-order valence-corrected chi connectivity index (χ4v) is 2.68. The highest BCUT2D eigenvalue weighted by Gasteiger charge is 2.14. The summed E-state index contributed by atoms with van der Waals surface area (Å²) in [6.07, 6.45) is 4.71. The summed E-state index contributed by atoms with van der Waals surface area (Å²) in [5, 5.41) is 7.85. The van der Waals surface area contributed by atoms with Crippen molar-refractivity contribution in [3.63, 3.8) is 0 Å². The maximum atomic E-state index is 6.02. The molecule has 0 amide bonds. The van der Waals surface area contributed by atoms with Crippen molar-refractivity contribution >= 4 is 28.9 Å². The highest BCUT2D eigenvalue weighted by Crippen LogP contribution is 2.14. The van der Waals surface area contributed by atoms with Crippen LogP contribution in [0, 0.1) is 0 Å². The molecule has 0 spiro atoms. The van der Waals surface area contributed by atoms with Crippen LogP contribution >= 0.6 is 11.6 Å². The third-order valence-corrected chi connectivity index (χ3v) is 4.27. The number of rotatable bonds is 8. The molecule has 0 aliphatic heterocycles. The van der Waals surface area contributed by atoms with Gasteiger partial charge in [0.2, 0.25) is 0 Å². The Morgan fingerprint density at radius 1 is 0.800 bits per heavy atom. The van der Waals surface area contributed by atoms with E-state index in [1.807, 2.05) is 42.5 Å². The maximum Gasteiger partial charge on any atom is 0.355 e. The molecule has 0 saturated carbocycles. The topological polar surface area (TPSA) is 27.1 Å². The van der Waals surface area contributed by atoms with Gasteiger partial charge in [0.1, 0.15) is 0 Å². The third-order valence-electron chi connectivity index (χ3n) is 4.02. The zero-order chi connectivity index (χ0) is 17.9. The second-order valence-corrected chi connectivity index (χ2v) is 6.60. The number of hydrogen-bond donors (Lipinski definition) is 2. The van der Waals surface area contributed by atoms with Gasteiger partial charge >= 0.3 is 5.96 Å². The predicted molar refractivity (Wildman–Crippen MR) is 110 cm³/mol. The van der Waals surface area contributed by atoms with Crippen LogP contribution in [-0.2, 0) is 0 Å². The smallest absolute Gasteiger partial charge is 0.264 e. The van der Waals surface area contributed by atoms with E-state index in [1.54, 1.807) is 0 Å². The van der Waals surface area contributed by atoms with Gasteiger partial charge in [-0.2, -0.15) is 0 Å². The van der Waals surface area contributed by atoms with E-state index >= 15 is 0 Å². The first-order chi connectivity index (χ1) is 12.2. The van der Waals surface area contributed by atoms with Gasteiger partial charge in [-0.25, -0.2) is 10.6 Å². The van der Waals surface area contributed by atoms with Gasteiger partial charge in [-0.05, 0) is 49.2 Å². The van der Waals surface area contributed by atoms with Crippen molar-refractivity contribution in [2.75, 3.05) is 23.7 Å². The van der Waals surface area contributed by atoms with E-state index in [0.29, 0.717) is 0 Å². The van der Waals surface area contributed by atoms with Gasteiger partial charge in [-0.1, -0.05) is 56.5 Å². The molecule has 0 fully saturated rings. The summed E-state index contributed by atoms with van der Waals surface area (Å²) in [6.45, 7) is 6.53. The number of para-hydroxylation sites is 1. The molecule has 0 aliphatic carbocycles. The first-order valence-electron chi connectivity index (χ1n) is 9.19. The summed E-state index contributed by atoms with van der Waals surface area (Å²) >= 11 is 6.02. The third kappa shape index (κ3) is 6.79. The van der Waals surface area contributed by atoms with Crippen LogP contribution in [0.15, 0.2) is 54.6 Å². The zero-order valence-corrected chi connectivity index (χ0v) is 16.0. The average Bonchev–Trinajstić information content (AvgIpc) is 2.64. The Kier molecular flexibility index (Phi) is 8.33. The molecule has 0 atom stereocenters. The number of unbranched alkanes of at least 4 members (excludes halogenated alkanes) is 2. The number of benzene rings is 2. The molecular weight excluding hydrogens is 330 g/mol. The molecule has 3 nitrogen and oxygen atoms in total. The van der Waals surface area contributed by atoms with Crippen LogP contribution in [0.5, 0.6) is 0 Å². The van der Waals surface area contributed by atoms with Gasteiger partial charge in [-0.3, -0.25) is 4.58 Å². The van der Waals surface area contributed by atoms with Crippen molar-refractivity contribution in [2.45, 2.75) is 39.5 Å². The standard InChI is InChI=1S/C21H28ClN3/c1-3-5-16-25(17-6-4-2)21(23-19-10-8-7-9-11-19)24-20-14-12-18(22)13-15-20/h7-15H,3-6,16-17H2,1-2H3,(H,23,24)/p+1. The first kappa shape index (κ1) is 19.3. The van der Waals surface area contributed by atoms with E-state index < -0.39 is 0 Å². The largest absolute Gasteiger partial charge is 0.355 e. The maximum absolute atomic E-state index is 6.02. The van der Waals surface area contributed by atoms with Crippen LogP contribution in [0.2, 0.25) is 5.02 Å². The highest BCUT2D eigenvalue weighted by molar-refractivity contribution is 6.30. The quantitative estimate of drug-likeness (QED) is 0.352. The first-order valence-corrected chi connectivity index (χ1v) is 9.57. The van der Waals surface area contributed by atoms with E-state index in [2.05, 4.69) is 41.2 Å². The zero-order valence-electron chi connectivity index (χ0n) is 15.3. The predicted octanol–water partition coefficient (Wildman–Crippen LogP) is 5.83. The normalized spacial score (nSPS) is 10.4. The van der Waals surface area contributed by atoms with Crippen molar-refractivity contribution in [3.05, 3.63) is 59.6 Å². The van der Waals surface area contributed by atoms with E-state index in [4.69, 9.17) is 11.6 Å². The van der Waals surface area contributed by atoms with Gasteiger partial charge in [0.15, 0.2) is 0 Å². The van der Waals surface area contributed by atoms with Crippen molar-refractivity contribution in [1.29, 1.82) is 0 Å². The SMILES string of the molecule is CCCC[N+](CCCC)=C(Nc1ccccc1)Nc1ccc(Cl)cc1. The second kappa shape index (κ2) is 10.8. The number of nitrogens with zero attached hydrogens (tertiary/aromatic N) is 1. The molecule has 25 heavy (non-hydrogen) atoms. The molecule has 2 aromatic rings. The Morgan fingerprint density at radius 2 is 1.32 bits per heavy atom. The lowest BCUT2D eigenvalue weighted by atomic mass is 10.3. The minimum atomic E-state index is 0.747. The number of nitrogens with one attached hydrogen (secondary N) is 2. The number of guanidine groups is 1. The molecule has 0 aliphatic rings. The lowest BCUT2D eigenvalue weighted by Crippen LogP contribution is -2.35. The Hall–Kier alpha value is -2.00. The minimum Gasteiger partial charge on any atom is -0.264 e. The molecule has 2 N–H and O–H groups in total. The Balaban J connectivity index is 2.29. The molecule has 2 rings (SSSR count). The van der Waals surface area contributed by atoms with Crippen molar-refractivity contribution in [1.82, 2.24) is 0 Å². The van der Waals surface area contributed by atoms with Crippen LogP contribution in [0.1, 0.15) is 39.5 Å². The van der Waals surface area contributed by atoms with E-state index in [9.17, 15) is 0 Å². The van der Waals surface area contributed by atoms with Gasteiger partial charge < -0.3 is 0 Å². The summed E-state index contributed by atoms with van der Waals surface area (Å²) in [7, 11) is 0. The molecule has 0 unspecified atom stereocenters. The molecule has 0 heterocycles. The van der Waals surface area contributed by atoms with Gasteiger partial charge in [0, 0.05) is 5.02 Å². The van der Waals surface area contributed by atoms with Crippen LogP contribution < -0.4 is 10.6 Å². The van der Waals surface area contributed by atoms with E-state index in [0.717, 1.165) is 35.4 Å². The summed E-state index contributed by atoms with van der Waals surface area (Å²) in [4.78, 5) is 0. The fourth-order valence-electron chi connectivity index (χ4n) is 2.55. The second-order valence-electron chi connectivity index (χ2n) is 6.17. The van der Waals surface area contributed by atoms with Crippen LogP contribution in [0.25, 0.3) is 0 Å². The monoisotopic (exact) mass is 358 g/mol. The van der Waals surface area contributed by atoms with Crippen LogP contribution in [0.4, 0.5) is 11.4 Å². The minimum absolute atomic E-state index is 0.747. The van der Waals surface area contributed by atoms with Crippen LogP contribution in [-0.4, -0.2) is 23.6 Å². The van der Waals surface area contributed by atoms with Crippen molar-refractivity contribution in [3.8, 4) is 0 Å². The van der Waals surface area contributed by atoms with Gasteiger partial charge in [-0.15, -0.1) is 0 Å². The van der Waals surface area contributed by atoms with E-state index in [1.165, 1.54) is 25.7 Å². The molecule has 0 saturated heterocycles. The van der Waals surface area contributed by atoms with Crippen molar-refractivity contribution in [2.24, 2.45) is 0 Å². The lowest BCUT2D eigenvalue weighted by molar-refractivity contribution is -0.529. The molecule has 0 aromatic heterocycles. The van der Waals surface area contributed by atoms with E-state index in [-0.39, 0.29) is 0 Å². The Bertz CT molecular complexity index is 641. The summed E-state index contributed by atoms with van der Waals surface area (Å²) < 4.78 is 2.41. The number of hydrogen-bond acceptors (Lipinski definition) is 0. The Morgan fingerprint density at radius 3 is 1.84 bits per heavy atom. The number of anilines is 2. The highest BCUT2D eigenvalue weighted by atomic mass is 35.5. The summed E-state index contributed by atoms with van der Waals surface area (Å²) in [5.74, 6) is 1.02. The molecule has 0 radical (unpaired) electrons. The molecular formula is C21H29ClN3+. The van der Waals surface area contributed by atoms with Gasteiger partial charge in [0.05, 0.1) is 24.5 Å². The lowest BCUT2D eigenvalue weighted by Gasteiger charge is -2.15.